The van der Waals surface area contributed by atoms with Crippen LogP contribution in [0, 0.1) is 5.92 Å². The number of carbonyl (C=O) groups is 2. The van der Waals surface area contributed by atoms with Crippen molar-refractivity contribution in [2.45, 2.75) is 51.6 Å². The largest absolute Gasteiger partial charge is 0.497 e. The van der Waals surface area contributed by atoms with Crippen molar-refractivity contribution in [3.8, 4) is 16.9 Å². The highest BCUT2D eigenvalue weighted by atomic mass is 16.5. The molecule has 0 heterocycles. The van der Waals surface area contributed by atoms with Gasteiger partial charge in [0.1, 0.15) is 11.8 Å². The van der Waals surface area contributed by atoms with Crippen molar-refractivity contribution in [3.63, 3.8) is 0 Å². The first-order valence-corrected chi connectivity index (χ1v) is 12.3. The van der Waals surface area contributed by atoms with E-state index in [1.165, 1.54) is 11.1 Å². The first kappa shape index (κ1) is 24.5. The molecule has 5 nitrogen and oxygen atoms in total. The summed E-state index contributed by atoms with van der Waals surface area (Å²) in [5.74, 6) is 0.936. The van der Waals surface area contributed by atoms with Crippen LogP contribution in [0.15, 0.2) is 72.8 Å². The van der Waals surface area contributed by atoms with Gasteiger partial charge in [0.2, 0.25) is 11.8 Å². The minimum Gasteiger partial charge on any atom is -0.497 e. The van der Waals surface area contributed by atoms with Gasteiger partial charge in [-0.15, -0.1) is 0 Å². The van der Waals surface area contributed by atoms with Crippen LogP contribution in [0.1, 0.15) is 49.4 Å². The molecule has 0 saturated carbocycles. The fourth-order valence-corrected chi connectivity index (χ4v) is 4.57. The quantitative estimate of drug-likeness (QED) is 0.449. The van der Waals surface area contributed by atoms with Crippen LogP contribution in [0.25, 0.3) is 11.1 Å². The van der Waals surface area contributed by atoms with Crippen LogP contribution < -0.4 is 15.4 Å². The molecule has 0 bridgehead atoms. The van der Waals surface area contributed by atoms with Gasteiger partial charge in [-0.05, 0) is 65.1 Å². The molecule has 0 spiro atoms. The van der Waals surface area contributed by atoms with Gasteiger partial charge in [0.25, 0.3) is 0 Å². The number of hydrogen-bond donors (Lipinski definition) is 2. The van der Waals surface area contributed by atoms with Crippen LogP contribution in [-0.2, 0) is 22.4 Å². The molecule has 1 aliphatic rings. The molecular weight excluding hydrogens is 436 g/mol. The summed E-state index contributed by atoms with van der Waals surface area (Å²) < 4.78 is 5.34. The van der Waals surface area contributed by atoms with Gasteiger partial charge in [-0.3, -0.25) is 9.59 Å². The van der Waals surface area contributed by atoms with Crippen molar-refractivity contribution in [1.82, 2.24) is 10.6 Å². The highest BCUT2D eigenvalue weighted by Gasteiger charge is 2.28. The highest BCUT2D eigenvalue weighted by molar-refractivity contribution is 5.89. The highest BCUT2D eigenvalue weighted by Crippen LogP contribution is 2.27. The van der Waals surface area contributed by atoms with Crippen molar-refractivity contribution < 1.29 is 14.3 Å². The molecule has 2 N–H and O–H groups in total. The van der Waals surface area contributed by atoms with Gasteiger partial charge in [0.15, 0.2) is 0 Å². The molecule has 1 unspecified atom stereocenters. The van der Waals surface area contributed by atoms with E-state index in [2.05, 4.69) is 36.6 Å². The minimum absolute atomic E-state index is 0.0334. The summed E-state index contributed by atoms with van der Waals surface area (Å²) in [4.78, 5) is 26.1. The number of methoxy groups -OCH3 is 1. The molecule has 0 aromatic heterocycles. The van der Waals surface area contributed by atoms with E-state index in [0.717, 1.165) is 41.7 Å². The summed E-state index contributed by atoms with van der Waals surface area (Å²) in [6, 6.07) is 23.3. The van der Waals surface area contributed by atoms with E-state index in [-0.39, 0.29) is 17.9 Å². The lowest BCUT2D eigenvalue weighted by Crippen LogP contribution is -2.44. The van der Waals surface area contributed by atoms with E-state index < -0.39 is 6.04 Å². The number of nitrogens with one attached hydrogen (secondary N) is 2. The lowest BCUT2D eigenvalue weighted by molar-refractivity contribution is -0.129. The van der Waals surface area contributed by atoms with E-state index in [0.29, 0.717) is 12.3 Å². The molecule has 2 amide bonds. The Morgan fingerprint density at radius 2 is 1.60 bits per heavy atom. The molecule has 182 valence electrons. The first-order valence-electron chi connectivity index (χ1n) is 12.3. The molecule has 0 radical (unpaired) electrons. The van der Waals surface area contributed by atoms with Crippen LogP contribution in [0.5, 0.6) is 5.75 Å². The Hall–Kier alpha value is -3.60. The summed E-state index contributed by atoms with van der Waals surface area (Å²) in [5, 5.41) is 6.18. The molecule has 0 aliphatic heterocycles. The number of rotatable bonds is 9. The fraction of sp³-hybridized carbons (Fsp3) is 0.333. The van der Waals surface area contributed by atoms with Crippen molar-refractivity contribution in [2.24, 2.45) is 5.92 Å². The van der Waals surface area contributed by atoms with Gasteiger partial charge in [0.05, 0.1) is 7.11 Å². The zero-order valence-electron chi connectivity index (χ0n) is 20.7. The molecule has 4 rings (SSSR count). The van der Waals surface area contributed by atoms with Crippen molar-refractivity contribution in [1.29, 1.82) is 0 Å². The van der Waals surface area contributed by atoms with E-state index in [9.17, 15) is 9.59 Å². The number of ether oxygens (including phenoxy) is 1. The fourth-order valence-electron chi connectivity index (χ4n) is 4.57. The molecule has 3 aromatic rings. The SMILES string of the molecule is COc1cccc(-c2ccc(C(NC(=O)CCC(C)C)C(=O)NC3Cc4ccccc4C3)cc2)c1. The van der Waals surface area contributed by atoms with Crippen LogP contribution in [0.3, 0.4) is 0 Å². The molecular formula is C30H34N2O3. The Bertz CT molecular complexity index is 1150. The Kier molecular flexibility index (Phi) is 7.86. The average Bonchev–Trinajstić information content (AvgIpc) is 3.28. The zero-order chi connectivity index (χ0) is 24.8. The van der Waals surface area contributed by atoms with Crippen molar-refractivity contribution in [3.05, 3.63) is 89.5 Å². The average molecular weight is 471 g/mol. The van der Waals surface area contributed by atoms with E-state index in [1.54, 1.807) is 7.11 Å². The molecule has 3 aromatic carbocycles. The first-order chi connectivity index (χ1) is 16.9. The summed E-state index contributed by atoms with van der Waals surface area (Å²) in [6.45, 7) is 4.18. The maximum Gasteiger partial charge on any atom is 0.247 e. The van der Waals surface area contributed by atoms with Crippen molar-refractivity contribution in [2.75, 3.05) is 7.11 Å². The standard InChI is InChI=1S/C30H34N2O3/c1-20(2)11-16-28(33)32-29(30(34)31-26-17-23-7-4-5-8-24(23)18-26)22-14-12-21(13-15-22)25-9-6-10-27(19-25)35-3/h4-10,12-15,19-20,26,29H,11,16-18H2,1-3H3,(H,31,34)(H,32,33). The van der Waals surface area contributed by atoms with E-state index >= 15 is 0 Å². The lowest BCUT2D eigenvalue weighted by atomic mass is 9.99. The molecule has 0 saturated heterocycles. The number of carbonyl (C=O) groups excluding carboxylic acids is 2. The number of fused-ring (bicyclic) bond motifs is 1. The predicted molar refractivity (Wildman–Crippen MR) is 139 cm³/mol. The Morgan fingerprint density at radius 1 is 0.914 bits per heavy atom. The molecule has 1 atom stereocenters. The number of benzene rings is 3. The van der Waals surface area contributed by atoms with Gasteiger partial charge < -0.3 is 15.4 Å². The second-order valence-corrected chi connectivity index (χ2v) is 9.67. The molecule has 1 aliphatic carbocycles. The monoisotopic (exact) mass is 470 g/mol. The Balaban J connectivity index is 1.51. The summed E-state index contributed by atoms with van der Waals surface area (Å²) in [5.41, 5.74) is 5.37. The normalized spacial score (nSPS) is 13.8. The van der Waals surface area contributed by atoms with E-state index in [4.69, 9.17) is 4.74 Å². The predicted octanol–water partition coefficient (Wildman–Crippen LogP) is 5.24. The van der Waals surface area contributed by atoms with Crippen LogP contribution in [0.2, 0.25) is 0 Å². The van der Waals surface area contributed by atoms with Gasteiger partial charge in [-0.25, -0.2) is 0 Å². The molecule has 0 fully saturated rings. The third kappa shape index (κ3) is 6.30. The third-order valence-corrected chi connectivity index (χ3v) is 6.56. The van der Waals surface area contributed by atoms with Crippen LogP contribution >= 0.6 is 0 Å². The zero-order valence-corrected chi connectivity index (χ0v) is 20.7. The van der Waals surface area contributed by atoms with Gasteiger partial charge in [-0.1, -0.05) is 74.5 Å². The summed E-state index contributed by atoms with van der Waals surface area (Å²) in [7, 11) is 1.65. The van der Waals surface area contributed by atoms with Gasteiger partial charge in [-0.2, -0.15) is 0 Å². The van der Waals surface area contributed by atoms with Gasteiger partial charge >= 0.3 is 0 Å². The smallest absolute Gasteiger partial charge is 0.247 e. The van der Waals surface area contributed by atoms with Crippen LogP contribution in [0.4, 0.5) is 0 Å². The van der Waals surface area contributed by atoms with Crippen molar-refractivity contribution >= 4 is 11.8 Å². The minimum atomic E-state index is -0.738. The Morgan fingerprint density at radius 3 is 2.23 bits per heavy atom. The maximum atomic E-state index is 13.4. The van der Waals surface area contributed by atoms with Gasteiger partial charge in [0, 0.05) is 12.5 Å². The summed E-state index contributed by atoms with van der Waals surface area (Å²) in [6.07, 6.45) is 2.81. The topological polar surface area (TPSA) is 67.4 Å². The lowest BCUT2D eigenvalue weighted by Gasteiger charge is -2.22. The molecule has 5 heteroatoms. The molecule has 35 heavy (non-hydrogen) atoms. The Labute approximate surface area is 207 Å². The van der Waals surface area contributed by atoms with E-state index in [1.807, 2.05) is 60.7 Å². The maximum absolute atomic E-state index is 13.4. The number of hydrogen-bond acceptors (Lipinski definition) is 3. The second-order valence-electron chi connectivity index (χ2n) is 9.67. The van der Waals surface area contributed by atoms with Crippen LogP contribution in [-0.4, -0.2) is 25.0 Å². The third-order valence-electron chi connectivity index (χ3n) is 6.56. The summed E-state index contributed by atoms with van der Waals surface area (Å²) >= 11 is 0. The number of amides is 2. The second kappa shape index (κ2) is 11.2.